The molecule has 0 aromatic heterocycles. The van der Waals surface area contributed by atoms with Crippen LogP contribution < -0.4 is 19.5 Å². The maximum atomic E-state index is 12.7. The fraction of sp³-hybridized carbons (Fsp3) is 0.381. The van der Waals surface area contributed by atoms with Gasteiger partial charge in [-0.25, -0.2) is 13.1 Å². The Hall–Kier alpha value is -2.58. The molecule has 1 fully saturated rings. The van der Waals surface area contributed by atoms with Gasteiger partial charge in [-0.05, 0) is 43.2 Å². The first kappa shape index (κ1) is 19.7. The highest BCUT2D eigenvalue weighted by atomic mass is 32.2. The Morgan fingerprint density at radius 2 is 1.76 bits per heavy atom. The van der Waals surface area contributed by atoms with Crippen molar-refractivity contribution in [2.45, 2.75) is 56.3 Å². The Balaban J connectivity index is 1.49. The lowest BCUT2D eigenvalue weighted by atomic mass is 10.2. The Morgan fingerprint density at radius 3 is 2.52 bits per heavy atom. The molecule has 2 N–H and O–H groups in total. The van der Waals surface area contributed by atoms with Crippen molar-refractivity contribution in [1.29, 1.82) is 0 Å². The van der Waals surface area contributed by atoms with E-state index in [0.717, 1.165) is 25.7 Å². The normalized spacial score (nSPS) is 18.0. The van der Waals surface area contributed by atoms with Gasteiger partial charge in [0.05, 0.1) is 4.90 Å². The van der Waals surface area contributed by atoms with Gasteiger partial charge in [-0.2, -0.15) is 0 Å². The molecule has 0 saturated heterocycles. The minimum absolute atomic E-state index is 0.0321. The predicted molar refractivity (Wildman–Crippen MR) is 109 cm³/mol. The van der Waals surface area contributed by atoms with Crippen molar-refractivity contribution in [1.82, 2.24) is 4.72 Å². The van der Waals surface area contributed by atoms with Gasteiger partial charge in [-0.1, -0.05) is 18.9 Å². The highest BCUT2D eigenvalue weighted by Gasteiger charge is 2.31. The van der Waals surface area contributed by atoms with Crippen molar-refractivity contribution in [3.05, 3.63) is 48.0 Å². The van der Waals surface area contributed by atoms with Gasteiger partial charge in [0.1, 0.15) is 0 Å². The van der Waals surface area contributed by atoms with E-state index in [1.807, 2.05) is 0 Å². The smallest absolute Gasteiger partial charge is 0.255 e. The topological polar surface area (TPSA) is 93.7 Å². The van der Waals surface area contributed by atoms with Crippen LogP contribution in [0, 0.1) is 0 Å². The number of fused-ring (bicyclic) bond motifs is 1. The van der Waals surface area contributed by atoms with E-state index in [1.54, 1.807) is 44.2 Å². The fourth-order valence-corrected chi connectivity index (χ4v) is 4.99. The number of anilines is 1. The molecule has 4 rings (SSSR count). The van der Waals surface area contributed by atoms with Gasteiger partial charge >= 0.3 is 0 Å². The number of hydrogen-bond donors (Lipinski definition) is 2. The average molecular weight is 416 g/mol. The summed E-state index contributed by atoms with van der Waals surface area (Å²) in [7, 11) is -3.66. The van der Waals surface area contributed by atoms with Crippen molar-refractivity contribution >= 4 is 21.6 Å². The number of carbonyl (C=O) groups excluding carboxylic acids is 1. The second-order valence-electron chi connectivity index (χ2n) is 7.85. The molecule has 2 aromatic rings. The molecule has 0 unspecified atom stereocenters. The molecule has 7 nitrogen and oxygen atoms in total. The van der Waals surface area contributed by atoms with Gasteiger partial charge in [0.2, 0.25) is 15.8 Å². The Morgan fingerprint density at radius 1 is 1.03 bits per heavy atom. The van der Waals surface area contributed by atoms with E-state index in [1.165, 1.54) is 12.1 Å². The number of hydrogen-bond acceptors (Lipinski definition) is 5. The molecule has 1 heterocycles. The van der Waals surface area contributed by atoms with Crippen LogP contribution in [0.15, 0.2) is 47.4 Å². The summed E-state index contributed by atoms with van der Waals surface area (Å²) in [4.78, 5) is 12.8. The Labute approximate surface area is 170 Å². The second kappa shape index (κ2) is 7.35. The first-order chi connectivity index (χ1) is 13.7. The van der Waals surface area contributed by atoms with E-state index < -0.39 is 21.7 Å². The molecular weight excluding hydrogens is 392 g/mol. The molecule has 29 heavy (non-hydrogen) atoms. The van der Waals surface area contributed by atoms with E-state index in [0.29, 0.717) is 17.2 Å². The van der Waals surface area contributed by atoms with E-state index in [-0.39, 0.29) is 16.5 Å². The van der Waals surface area contributed by atoms with E-state index in [9.17, 15) is 13.2 Å². The van der Waals surface area contributed by atoms with E-state index in [2.05, 4.69) is 10.0 Å². The molecule has 1 amide bonds. The largest absolute Gasteiger partial charge is 0.449 e. The average Bonchev–Trinajstić information content (AvgIpc) is 3.26. The zero-order valence-corrected chi connectivity index (χ0v) is 17.2. The molecule has 0 spiro atoms. The summed E-state index contributed by atoms with van der Waals surface area (Å²) in [5, 5.41) is 2.78. The number of ether oxygens (including phenoxy) is 2. The third kappa shape index (κ3) is 4.38. The highest BCUT2D eigenvalue weighted by Crippen LogP contribution is 2.40. The van der Waals surface area contributed by atoms with Gasteiger partial charge in [-0.3, -0.25) is 4.79 Å². The Bertz CT molecular complexity index is 1040. The van der Waals surface area contributed by atoms with Gasteiger partial charge in [0.25, 0.3) is 5.91 Å². The van der Waals surface area contributed by atoms with Crippen LogP contribution >= 0.6 is 0 Å². The van der Waals surface area contributed by atoms with Crippen LogP contribution in [0.4, 0.5) is 5.69 Å². The molecular formula is C21H24N2O5S. The van der Waals surface area contributed by atoms with Gasteiger partial charge < -0.3 is 14.8 Å². The SMILES string of the molecule is CC1(C)Oc2ccc(NC(=O)c3cccc(S(=O)(=O)NC4CCCC4)c3)cc2O1. The zero-order chi connectivity index (χ0) is 20.6. The van der Waals surface area contributed by atoms with Crippen LogP contribution in [0.1, 0.15) is 49.9 Å². The summed E-state index contributed by atoms with van der Waals surface area (Å²) in [5.41, 5.74) is 0.796. The van der Waals surface area contributed by atoms with Crippen LogP contribution in [-0.2, 0) is 10.0 Å². The molecule has 154 valence electrons. The minimum Gasteiger partial charge on any atom is -0.449 e. The van der Waals surface area contributed by atoms with Gasteiger partial charge in [0.15, 0.2) is 11.5 Å². The van der Waals surface area contributed by atoms with E-state index >= 15 is 0 Å². The summed E-state index contributed by atoms with van der Waals surface area (Å²) in [5.74, 6) is 0.00461. The van der Waals surface area contributed by atoms with Crippen molar-refractivity contribution in [2.24, 2.45) is 0 Å². The van der Waals surface area contributed by atoms with Crippen LogP contribution in [0.2, 0.25) is 0 Å². The number of benzene rings is 2. The number of amides is 1. The maximum Gasteiger partial charge on any atom is 0.255 e. The van der Waals surface area contributed by atoms with Crippen LogP contribution in [0.5, 0.6) is 11.5 Å². The number of sulfonamides is 1. The summed E-state index contributed by atoms with van der Waals surface area (Å²) in [6, 6.07) is 11.1. The summed E-state index contributed by atoms with van der Waals surface area (Å²) >= 11 is 0. The lowest BCUT2D eigenvalue weighted by Gasteiger charge is -2.16. The molecule has 8 heteroatoms. The molecule has 2 aromatic carbocycles. The summed E-state index contributed by atoms with van der Waals surface area (Å²) < 4.78 is 39.3. The van der Waals surface area contributed by atoms with Crippen LogP contribution in [0.3, 0.4) is 0 Å². The van der Waals surface area contributed by atoms with Gasteiger partial charge in [0, 0.05) is 37.2 Å². The first-order valence-corrected chi connectivity index (χ1v) is 11.2. The minimum atomic E-state index is -3.66. The lowest BCUT2D eigenvalue weighted by molar-refractivity contribution is -0.0431. The number of nitrogens with one attached hydrogen (secondary N) is 2. The molecule has 0 atom stereocenters. The fourth-order valence-electron chi connectivity index (χ4n) is 3.64. The molecule has 0 radical (unpaired) electrons. The third-order valence-corrected chi connectivity index (χ3v) is 6.51. The summed E-state index contributed by atoms with van der Waals surface area (Å²) in [6.07, 6.45) is 3.76. The maximum absolute atomic E-state index is 12.7. The van der Waals surface area contributed by atoms with Crippen LogP contribution in [0.25, 0.3) is 0 Å². The zero-order valence-electron chi connectivity index (χ0n) is 16.4. The Kier molecular flexibility index (Phi) is 5.00. The second-order valence-corrected chi connectivity index (χ2v) is 9.56. The van der Waals surface area contributed by atoms with Gasteiger partial charge in [-0.15, -0.1) is 0 Å². The molecule has 1 aliphatic heterocycles. The number of rotatable bonds is 5. The summed E-state index contributed by atoms with van der Waals surface area (Å²) in [6.45, 7) is 3.60. The van der Waals surface area contributed by atoms with Crippen molar-refractivity contribution in [2.75, 3.05) is 5.32 Å². The lowest BCUT2D eigenvalue weighted by Crippen LogP contribution is -2.32. The van der Waals surface area contributed by atoms with Crippen molar-refractivity contribution in [3.8, 4) is 11.5 Å². The molecule has 1 aliphatic carbocycles. The quantitative estimate of drug-likeness (QED) is 0.776. The predicted octanol–water partition coefficient (Wildman–Crippen LogP) is 3.67. The van der Waals surface area contributed by atoms with Crippen LogP contribution in [-0.4, -0.2) is 26.2 Å². The molecule has 2 aliphatic rings. The first-order valence-electron chi connectivity index (χ1n) is 9.68. The molecule has 1 saturated carbocycles. The highest BCUT2D eigenvalue weighted by molar-refractivity contribution is 7.89. The van der Waals surface area contributed by atoms with Crippen molar-refractivity contribution in [3.63, 3.8) is 0 Å². The van der Waals surface area contributed by atoms with Crippen molar-refractivity contribution < 1.29 is 22.7 Å². The number of carbonyl (C=O) groups is 1. The third-order valence-electron chi connectivity index (χ3n) is 5.00. The molecule has 0 bridgehead atoms. The van der Waals surface area contributed by atoms with E-state index in [4.69, 9.17) is 9.47 Å². The monoisotopic (exact) mass is 416 g/mol. The standard InChI is InChI=1S/C21H24N2O5S/c1-21(2)27-18-11-10-16(13-19(18)28-21)22-20(24)14-6-5-9-17(12-14)29(25,26)23-15-7-3-4-8-15/h5-6,9-13,15,23H,3-4,7-8H2,1-2H3,(H,22,24).